The summed E-state index contributed by atoms with van der Waals surface area (Å²) in [4.78, 5) is 14.6. The van der Waals surface area contributed by atoms with Gasteiger partial charge in [-0.1, -0.05) is 13.3 Å². The molecule has 2 N–H and O–H groups in total. The number of esters is 1. The lowest BCUT2D eigenvalue weighted by molar-refractivity contribution is -0.148. The summed E-state index contributed by atoms with van der Waals surface area (Å²) in [6, 6.07) is 1.39. The Morgan fingerprint density at radius 3 is 2.80 bits per heavy atom. The van der Waals surface area contributed by atoms with Crippen molar-refractivity contribution in [3.05, 3.63) is 0 Å². The van der Waals surface area contributed by atoms with Crippen molar-refractivity contribution in [3.8, 4) is 0 Å². The molecular weight excluding hydrogens is 252 g/mol. The largest absolute Gasteiger partial charge is 0.468 e. The van der Waals surface area contributed by atoms with Crippen molar-refractivity contribution in [1.29, 1.82) is 0 Å². The molecule has 116 valence electrons. The van der Waals surface area contributed by atoms with Gasteiger partial charge in [-0.3, -0.25) is 9.69 Å². The van der Waals surface area contributed by atoms with Gasteiger partial charge >= 0.3 is 5.97 Å². The van der Waals surface area contributed by atoms with Gasteiger partial charge in [0.15, 0.2) is 0 Å². The number of carbonyl (C=O) groups excluding carboxylic acids is 1. The number of ether oxygens (including phenoxy) is 1. The topological polar surface area (TPSA) is 55.6 Å². The molecule has 4 atom stereocenters. The molecule has 0 aromatic rings. The van der Waals surface area contributed by atoms with Gasteiger partial charge in [0.2, 0.25) is 0 Å². The summed E-state index contributed by atoms with van der Waals surface area (Å²) in [5, 5.41) is 0. The first kappa shape index (κ1) is 15.8. The van der Waals surface area contributed by atoms with E-state index >= 15 is 0 Å². The van der Waals surface area contributed by atoms with Gasteiger partial charge < -0.3 is 10.5 Å². The molecular formula is C16H30N2O2. The third-order valence-electron chi connectivity index (χ3n) is 5.60. The van der Waals surface area contributed by atoms with E-state index in [1.807, 2.05) is 0 Å². The van der Waals surface area contributed by atoms with E-state index in [0.29, 0.717) is 6.04 Å². The lowest BCUT2D eigenvalue weighted by Crippen LogP contribution is -2.52. The average molecular weight is 282 g/mol. The van der Waals surface area contributed by atoms with Gasteiger partial charge in [-0.15, -0.1) is 0 Å². The SMILES string of the molecule is CCC1CCC(C)N1CCC1CCCC1(N)C(=O)OC. The first-order valence-corrected chi connectivity index (χ1v) is 8.16. The second kappa shape index (κ2) is 6.44. The standard InChI is InChI=1S/C16H30N2O2/c1-4-14-8-7-12(2)18(14)11-9-13-6-5-10-16(13,17)15(19)20-3/h12-14H,4-11,17H2,1-3H3. The fourth-order valence-corrected chi connectivity index (χ4v) is 4.23. The van der Waals surface area contributed by atoms with E-state index in [4.69, 9.17) is 10.5 Å². The fourth-order valence-electron chi connectivity index (χ4n) is 4.23. The number of methoxy groups -OCH3 is 1. The number of hydrogen-bond donors (Lipinski definition) is 1. The zero-order valence-electron chi connectivity index (χ0n) is 13.2. The molecule has 20 heavy (non-hydrogen) atoms. The van der Waals surface area contributed by atoms with E-state index in [2.05, 4.69) is 18.7 Å². The molecule has 0 aromatic heterocycles. The van der Waals surface area contributed by atoms with Gasteiger partial charge in [0.25, 0.3) is 0 Å². The van der Waals surface area contributed by atoms with Crippen molar-refractivity contribution >= 4 is 5.97 Å². The maximum absolute atomic E-state index is 12.0. The summed E-state index contributed by atoms with van der Waals surface area (Å²) in [6.07, 6.45) is 7.73. The maximum Gasteiger partial charge on any atom is 0.326 e. The molecule has 2 aliphatic rings. The van der Waals surface area contributed by atoms with Gasteiger partial charge in [0.1, 0.15) is 5.54 Å². The van der Waals surface area contributed by atoms with Crippen LogP contribution in [0.1, 0.15) is 58.8 Å². The van der Waals surface area contributed by atoms with E-state index in [-0.39, 0.29) is 11.9 Å². The van der Waals surface area contributed by atoms with E-state index in [9.17, 15) is 4.79 Å². The molecule has 1 heterocycles. The highest BCUT2D eigenvalue weighted by molar-refractivity contribution is 5.81. The highest BCUT2D eigenvalue weighted by atomic mass is 16.5. The molecule has 0 radical (unpaired) electrons. The first-order chi connectivity index (χ1) is 9.52. The summed E-state index contributed by atoms with van der Waals surface area (Å²) < 4.78 is 4.93. The summed E-state index contributed by atoms with van der Waals surface area (Å²) in [7, 11) is 1.45. The Morgan fingerprint density at radius 2 is 2.15 bits per heavy atom. The van der Waals surface area contributed by atoms with Crippen molar-refractivity contribution < 1.29 is 9.53 Å². The van der Waals surface area contributed by atoms with Crippen LogP contribution in [0.25, 0.3) is 0 Å². The lowest BCUT2D eigenvalue weighted by Gasteiger charge is -2.33. The van der Waals surface area contributed by atoms with E-state index in [1.165, 1.54) is 26.4 Å². The Labute approximate surface area is 123 Å². The third-order valence-corrected chi connectivity index (χ3v) is 5.60. The summed E-state index contributed by atoms with van der Waals surface area (Å²) in [5.41, 5.74) is 5.61. The fraction of sp³-hybridized carbons (Fsp3) is 0.938. The Kier molecular flexibility index (Phi) is 5.08. The Bertz CT molecular complexity index is 347. The second-order valence-electron chi connectivity index (χ2n) is 6.64. The number of hydrogen-bond acceptors (Lipinski definition) is 4. The van der Waals surface area contributed by atoms with Gasteiger partial charge in [0.05, 0.1) is 7.11 Å². The predicted octanol–water partition coefficient (Wildman–Crippen LogP) is 2.31. The monoisotopic (exact) mass is 282 g/mol. The highest BCUT2D eigenvalue weighted by Gasteiger charge is 2.46. The molecule has 4 unspecified atom stereocenters. The van der Waals surface area contributed by atoms with Crippen LogP contribution >= 0.6 is 0 Å². The predicted molar refractivity (Wildman–Crippen MR) is 80.4 cm³/mol. The number of nitrogens with zero attached hydrogens (tertiary/aromatic N) is 1. The van der Waals surface area contributed by atoms with Gasteiger partial charge in [-0.2, -0.15) is 0 Å². The average Bonchev–Trinajstić information content (AvgIpc) is 2.99. The number of likely N-dealkylation sites (tertiary alicyclic amines) is 1. The summed E-state index contributed by atoms with van der Waals surface area (Å²) in [5.74, 6) is 0.0572. The molecule has 0 spiro atoms. The maximum atomic E-state index is 12.0. The third kappa shape index (κ3) is 2.86. The van der Waals surface area contributed by atoms with Crippen LogP contribution in [0.4, 0.5) is 0 Å². The molecule has 4 nitrogen and oxygen atoms in total. The minimum absolute atomic E-state index is 0.221. The normalized spacial score (nSPS) is 38.3. The molecule has 1 saturated carbocycles. The highest BCUT2D eigenvalue weighted by Crippen LogP contribution is 2.38. The Balaban J connectivity index is 1.94. The summed E-state index contributed by atoms with van der Waals surface area (Å²) in [6.45, 7) is 5.66. The van der Waals surface area contributed by atoms with Crippen LogP contribution in [0, 0.1) is 5.92 Å². The number of carbonyl (C=O) groups is 1. The van der Waals surface area contributed by atoms with Crippen LogP contribution in [0.2, 0.25) is 0 Å². The zero-order chi connectivity index (χ0) is 14.8. The lowest BCUT2D eigenvalue weighted by atomic mass is 9.85. The van der Waals surface area contributed by atoms with Gasteiger partial charge in [-0.25, -0.2) is 0 Å². The zero-order valence-corrected chi connectivity index (χ0v) is 13.2. The molecule has 1 saturated heterocycles. The summed E-state index contributed by atoms with van der Waals surface area (Å²) >= 11 is 0. The molecule has 2 fully saturated rings. The van der Waals surface area contributed by atoms with Crippen molar-refractivity contribution in [2.75, 3.05) is 13.7 Å². The van der Waals surface area contributed by atoms with Crippen LogP contribution in [-0.2, 0) is 9.53 Å². The van der Waals surface area contributed by atoms with Gasteiger partial charge in [0, 0.05) is 12.1 Å². The molecule has 0 amide bonds. The van der Waals surface area contributed by atoms with E-state index in [0.717, 1.165) is 38.3 Å². The van der Waals surface area contributed by atoms with E-state index in [1.54, 1.807) is 0 Å². The molecule has 1 aliphatic carbocycles. The van der Waals surface area contributed by atoms with Crippen molar-refractivity contribution in [3.63, 3.8) is 0 Å². The van der Waals surface area contributed by atoms with Crippen molar-refractivity contribution in [1.82, 2.24) is 4.90 Å². The van der Waals surface area contributed by atoms with Crippen LogP contribution in [-0.4, -0.2) is 42.1 Å². The van der Waals surface area contributed by atoms with Crippen LogP contribution in [0.5, 0.6) is 0 Å². The van der Waals surface area contributed by atoms with E-state index < -0.39 is 5.54 Å². The van der Waals surface area contributed by atoms with Crippen LogP contribution in [0.3, 0.4) is 0 Å². The van der Waals surface area contributed by atoms with Crippen LogP contribution in [0.15, 0.2) is 0 Å². The molecule has 2 rings (SSSR count). The number of rotatable bonds is 5. The Hall–Kier alpha value is -0.610. The molecule has 0 bridgehead atoms. The number of nitrogens with two attached hydrogens (primary N) is 1. The second-order valence-corrected chi connectivity index (χ2v) is 6.64. The smallest absolute Gasteiger partial charge is 0.326 e. The molecule has 0 aromatic carbocycles. The first-order valence-electron chi connectivity index (χ1n) is 8.16. The van der Waals surface area contributed by atoms with Crippen molar-refractivity contribution in [2.24, 2.45) is 11.7 Å². The molecule has 4 heteroatoms. The molecule has 1 aliphatic heterocycles. The minimum atomic E-state index is -0.737. The van der Waals surface area contributed by atoms with Gasteiger partial charge in [-0.05, 0) is 57.9 Å². The van der Waals surface area contributed by atoms with Crippen molar-refractivity contribution in [2.45, 2.75) is 76.4 Å². The minimum Gasteiger partial charge on any atom is -0.468 e. The quantitative estimate of drug-likeness (QED) is 0.786. The Morgan fingerprint density at radius 1 is 1.40 bits per heavy atom. The van der Waals surface area contributed by atoms with Crippen LogP contribution < -0.4 is 5.73 Å².